The molecule has 3 aliphatic heterocycles. The Morgan fingerprint density at radius 2 is 2.08 bits per heavy atom. The van der Waals surface area contributed by atoms with Gasteiger partial charge in [0.2, 0.25) is 5.91 Å². The summed E-state index contributed by atoms with van der Waals surface area (Å²) < 4.78 is 11.7. The number of benzene rings is 1. The summed E-state index contributed by atoms with van der Waals surface area (Å²) in [5.41, 5.74) is 2.95. The Morgan fingerprint density at radius 3 is 2.82 bits per heavy atom. The Morgan fingerprint density at radius 1 is 1.18 bits per heavy atom. The average Bonchev–Trinajstić information content (AvgIpc) is 3.57. The second kappa shape index (κ2) is 12.9. The van der Waals surface area contributed by atoms with Crippen LogP contribution in [0.1, 0.15) is 68.9 Å². The van der Waals surface area contributed by atoms with Crippen molar-refractivity contribution in [2.75, 3.05) is 37.7 Å². The van der Waals surface area contributed by atoms with Gasteiger partial charge in [0.05, 0.1) is 37.1 Å². The summed E-state index contributed by atoms with van der Waals surface area (Å²) in [7, 11) is 0. The number of carbonyl (C=O) groups is 2. The number of ether oxygens (including phenoxy) is 2. The third kappa shape index (κ3) is 6.44. The zero-order valence-electron chi connectivity index (χ0n) is 23.0. The first-order valence-electron chi connectivity index (χ1n) is 14.6. The Hall–Kier alpha value is -2.97. The zero-order valence-corrected chi connectivity index (χ0v) is 23.0. The molecule has 1 aromatic carbocycles. The number of rotatable bonds is 11. The maximum atomic E-state index is 13.8. The molecule has 4 heterocycles. The number of hydrogen-bond donors (Lipinski definition) is 1. The van der Waals surface area contributed by atoms with Crippen molar-refractivity contribution in [2.24, 2.45) is 5.92 Å². The van der Waals surface area contributed by atoms with Crippen molar-refractivity contribution in [3.05, 3.63) is 53.9 Å². The summed E-state index contributed by atoms with van der Waals surface area (Å²) in [4.78, 5) is 34.8. The van der Waals surface area contributed by atoms with E-state index in [1.165, 1.54) is 0 Å². The van der Waals surface area contributed by atoms with Crippen molar-refractivity contribution >= 4 is 17.6 Å². The highest BCUT2D eigenvalue weighted by Crippen LogP contribution is 2.42. The zero-order chi connectivity index (χ0) is 27.2. The lowest BCUT2D eigenvalue weighted by Crippen LogP contribution is -2.45. The first-order valence-corrected chi connectivity index (χ1v) is 14.6. The molecular weight excluding hydrogens is 494 g/mol. The number of unbranched alkanes of at least 4 members (excludes halogenated alkanes) is 1. The third-order valence-corrected chi connectivity index (χ3v) is 8.57. The SMILES string of the molecule is CCCCN(C(=O)CN1C[C@H](c2ccc3c(c2)CCO3)C(C(=O)O)[C@@H]1CCC1CCCCO1)c1cccnc1. The van der Waals surface area contributed by atoms with Crippen molar-refractivity contribution in [3.63, 3.8) is 0 Å². The number of aromatic nitrogens is 1. The number of likely N-dealkylation sites (tertiary alicyclic amines) is 1. The van der Waals surface area contributed by atoms with E-state index in [0.717, 1.165) is 74.1 Å². The minimum Gasteiger partial charge on any atom is -0.493 e. The second-order valence-electron chi connectivity index (χ2n) is 11.1. The molecule has 8 nitrogen and oxygen atoms in total. The topological polar surface area (TPSA) is 92.2 Å². The lowest BCUT2D eigenvalue weighted by molar-refractivity contribution is -0.143. The second-order valence-corrected chi connectivity index (χ2v) is 11.1. The number of aliphatic carboxylic acids is 1. The van der Waals surface area contributed by atoms with Crippen LogP contribution in [0, 0.1) is 5.92 Å². The van der Waals surface area contributed by atoms with Crippen LogP contribution < -0.4 is 9.64 Å². The fourth-order valence-corrected chi connectivity index (χ4v) is 6.51. The summed E-state index contributed by atoms with van der Waals surface area (Å²) >= 11 is 0. The lowest BCUT2D eigenvalue weighted by Gasteiger charge is -2.31. The summed E-state index contributed by atoms with van der Waals surface area (Å²) in [6.07, 6.45) is 11.1. The van der Waals surface area contributed by atoms with Gasteiger partial charge in [0.15, 0.2) is 0 Å². The van der Waals surface area contributed by atoms with Crippen LogP contribution in [0.25, 0.3) is 0 Å². The molecule has 1 aromatic heterocycles. The van der Waals surface area contributed by atoms with Gasteiger partial charge in [-0.3, -0.25) is 19.5 Å². The van der Waals surface area contributed by atoms with Crippen molar-refractivity contribution in [1.29, 1.82) is 0 Å². The molecule has 2 unspecified atom stereocenters. The first kappa shape index (κ1) is 27.6. The van der Waals surface area contributed by atoms with Gasteiger partial charge in [-0.1, -0.05) is 25.5 Å². The van der Waals surface area contributed by atoms with Gasteiger partial charge in [0.1, 0.15) is 5.75 Å². The van der Waals surface area contributed by atoms with E-state index in [-0.39, 0.29) is 30.5 Å². The van der Waals surface area contributed by atoms with E-state index in [4.69, 9.17) is 9.47 Å². The minimum atomic E-state index is -0.795. The van der Waals surface area contributed by atoms with Crippen LogP contribution in [0.2, 0.25) is 0 Å². The van der Waals surface area contributed by atoms with Crippen LogP contribution >= 0.6 is 0 Å². The molecule has 2 aromatic rings. The van der Waals surface area contributed by atoms with Gasteiger partial charge in [-0.2, -0.15) is 0 Å². The van der Waals surface area contributed by atoms with Gasteiger partial charge in [0, 0.05) is 44.3 Å². The highest BCUT2D eigenvalue weighted by atomic mass is 16.5. The molecule has 0 radical (unpaired) electrons. The largest absolute Gasteiger partial charge is 0.493 e. The predicted octanol–water partition coefficient (Wildman–Crippen LogP) is 4.67. The molecule has 4 atom stereocenters. The molecule has 0 bridgehead atoms. The number of carboxylic acid groups (broad SMARTS) is 1. The predicted molar refractivity (Wildman–Crippen MR) is 149 cm³/mol. The molecule has 2 saturated heterocycles. The molecule has 0 aliphatic carbocycles. The van der Waals surface area contributed by atoms with E-state index in [1.54, 1.807) is 12.4 Å². The van der Waals surface area contributed by atoms with Gasteiger partial charge in [-0.15, -0.1) is 0 Å². The maximum absolute atomic E-state index is 13.8. The number of carbonyl (C=O) groups excluding carboxylic acids is 1. The number of fused-ring (bicyclic) bond motifs is 1. The number of amides is 1. The van der Waals surface area contributed by atoms with Crippen molar-refractivity contribution in [1.82, 2.24) is 9.88 Å². The Labute approximate surface area is 231 Å². The number of hydrogen-bond acceptors (Lipinski definition) is 6. The molecule has 3 aliphatic rings. The summed E-state index contributed by atoms with van der Waals surface area (Å²) in [6.45, 7) is 4.89. The van der Waals surface area contributed by atoms with E-state index >= 15 is 0 Å². The van der Waals surface area contributed by atoms with E-state index in [2.05, 4.69) is 22.9 Å². The van der Waals surface area contributed by atoms with Crippen molar-refractivity contribution < 1.29 is 24.2 Å². The van der Waals surface area contributed by atoms with Gasteiger partial charge >= 0.3 is 5.97 Å². The minimum absolute atomic E-state index is 0.0116. The molecule has 0 spiro atoms. The molecular formula is C31H41N3O5. The van der Waals surface area contributed by atoms with Gasteiger partial charge in [-0.05, 0) is 67.9 Å². The highest BCUT2D eigenvalue weighted by molar-refractivity contribution is 5.94. The molecule has 2 fully saturated rings. The Kier molecular flexibility index (Phi) is 9.14. The normalized spacial score (nSPS) is 24.7. The van der Waals surface area contributed by atoms with Gasteiger partial charge in [-0.25, -0.2) is 0 Å². The molecule has 1 N–H and O–H groups in total. The summed E-state index contributed by atoms with van der Waals surface area (Å²) in [5.74, 6) is -0.700. The number of pyridine rings is 1. The Bertz CT molecular complexity index is 1120. The number of anilines is 1. The van der Waals surface area contributed by atoms with E-state index in [1.807, 2.05) is 29.2 Å². The van der Waals surface area contributed by atoms with Crippen LogP contribution in [-0.2, 0) is 20.7 Å². The van der Waals surface area contributed by atoms with Crippen LogP contribution in [0.3, 0.4) is 0 Å². The fourth-order valence-electron chi connectivity index (χ4n) is 6.51. The molecule has 210 valence electrons. The molecule has 0 saturated carbocycles. The van der Waals surface area contributed by atoms with E-state index in [0.29, 0.717) is 26.1 Å². The van der Waals surface area contributed by atoms with Crippen LogP contribution in [0.15, 0.2) is 42.7 Å². The van der Waals surface area contributed by atoms with Gasteiger partial charge < -0.3 is 19.5 Å². The molecule has 39 heavy (non-hydrogen) atoms. The van der Waals surface area contributed by atoms with Crippen molar-refractivity contribution in [2.45, 2.75) is 76.4 Å². The molecule has 8 heteroatoms. The fraction of sp³-hybridized carbons (Fsp3) is 0.581. The Balaban J connectivity index is 1.40. The number of nitrogens with zero attached hydrogens (tertiary/aromatic N) is 3. The third-order valence-electron chi connectivity index (χ3n) is 8.57. The smallest absolute Gasteiger partial charge is 0.308 e. The molecule has 5 rings (SSSR count). The quantitative estimate of drug-likeness (QED) is 0.447. The van der Waals surface area contributed by atoms with Crippen LogP contribution in [0.5, 0.6) is 5.75 Å². The van der Waals surface area contributed by atoms with Crippen molar-refractivity contribution in [3.8, 4) is 5.75 Å². The van der Waals surface area contributed by atoms with E-state index < -0.39 is 11.9 Å². The van der Waals surface area contributed by atoms with Gasteiger partial charge in [0.25, 0.3) is 0 Å². The highest BCUT2D eigenvalue weighted by Gasteiger charge is 2.47. The van der Waals surface area contributed by atoms with Crippen LogP contribution in [0.4, 0.5) is 5.69 Å². The lowest BCUT2D eigenvalue weighted by atomic mass is 9.82. The maximum Gasteiger partial charge on any atom is 0.308 e. The summed E-state index contributed by atoms with van der Waals surface area (Å²) in [6, 6.07) is 9.63. The molecule has 1 amide bonds. The number of carboxylic acids is 1. The standard InChI is InChI=1S/C31H41N3O5/c1-2-3-15-34(24-7-6-14-32-19-24)29(35)21-33-20-26(22-9-12-28-23(18-22)13-17-39-28)30(31(36)37)27(33)11-10-25-8-4-5-16-38-25/h6-7,9,12,14,18-19,25-27,30H,2-5,8,10-11,13,15-17,20-21H2,1H3,(H,36,37)/t25?,26-,27+,30?/m1/s1. The monoisotopic (exact) mass is 535 g/mol. The summed E-state index contributed by atoms with van der Waals surface area (Å²) in [5, 5.41) is 10.5. The van der Waals surface area contributed by atoms with Crippen LogP contribution in [-0.4, -0.2) is 71.9 Å². The average molecular weight is 536 g/mol. The van der Waals surface area contributed by atoms with E-state index in [9.17, 15) is 14.7 Å². The first-order chi connectivity index (χ1) is 19.0.